The standard InChI is InChI=1S/C14H23NO3/c1-14(2,3)10-7-5-6-9(12(10)17)13(18)11(16)8-15-4/h5-7,11,13,15-18H,8H2,1-4H3. The van der Waals surface area contributed by atoms with Crippen molar-refractivity contribution in [2.45, 2.75) is 38.4 Å². The van der Waals surface area contributed by atoms with Gasteiger partial charge >= 0.3 is 0 Å². The maximum atomic E-state index is 10.2. The average molecular weight is 253 g/mol. The molecule has 2 unspecified atom stereocenters. The number of likely N-dealkylation sites (N-methyl/N-ethyl adjacent to an activating group) is 1. The van der Waals surface area contributed by atoms with Crippen molar-refractivity contribution in [3.05, 3.63) is 29.3 Å². The highest BCUT2D eigenvalue weighted by Gasteiger charge is 2.25. The van der Waals surface area contributed by atoms with Crippen molar-refractivity contribution < 1.29 is 15.3 Å². The van der Waals surface area contributed by atoms with Crippen molar-refractivity contribution in [1.29, 1.82) is 0 Å². The quantitative estimate of drug-likeness (QED) is 0.653. The molecule has 0 saturated heterocycles. The summed E-state index contributed by atoms with van der Waals surface area (Å²) < 4.78 is 0. The van der Waals surface area contributed by atoms with Crippen LogP contribution in [0.25, 0.3) is 0 Å². The summed E-state index contributed by atoms with van der Waals surface area (Å²) in [5.74, 6) is 0.0626. The van der Waals surface area contributed by atoms with Crippen LogP contribution in [0.3, 0.4) is 0 Å². The van der Waals surface area contributed by atoms with Crippen molar-refractivity contribution in [1.82, 2.24) is 5.32 Å². The molecular weight excluding hydrogens is 230 g/mol. The molecule has 1 rings (SSSR count). The molecule has 0 aliphatic rings. The maximum Gasteiger partial charge on any atom is 0.125 e. The molecule has 0 aromatic heterocycles. The molecule has 1 aromatic rings. The fraction of sp³-hybridized carbons (Fsp3) is 0.571. The number of hydrogen-bond donors (Lipinski definition) is 4. The summed E-state index contributed by atoms with van der Waals surface area (Å²) >= 11 is 0. The first kappa shape index (κ1) is 15.0. The minimum Gasteiger partial charge on any atom is -0.507 e. The minimum absolute atomic E-state index is 0.0626. The summed E-state index contributed by atoms with van der Waals surface area (Å²) in [6.07, 6.45) is -2.05. The Balaban J connectivity index is 3.11. The van der Waals surface area contributed by atoms with Crippen LogP contribution >= 0.6 is 0 Å². The van der Waals surface area contributed by atoms with Crippen LogP contribution in [0.1, 0.15) is 38.0 Å². The molecule has 4 N–H and O–H groups in total. The first-order chi connectivity index (χ1) is 8.29. The molecule has 4 heteroatoms. The first-order valence-electron chi connectivity index (χ1n) is 6.12. The summed E-state index contributed by atoms with van der Waals surface area (Å²) in [5, 5.41) is 32.8. The third-order valence-electron chi connectivity index (χ3n) is 2.97. The van der Waals surface area contributed by atoms with Gasteiger partial charge in [0.25, 0.3) is 0 Å². The van der Waals surface area contributed by atoms with Crippen LogP contribution < -0.4 is 5.32 Å². The van der Waals surface area contributed by atoms with Gasteiger partial charge < -0.3 is 20.6 Å². The smallest absolute Gasteiger partial charge is 0.125 e. The number of aromatic hydroxyl groups is 1. The van der Waals surface area contributed by atoms with Gasteiger partial charge in [-0.05, 0) is 18.0 Å². The van der Waals surface area contributed by atoms with Crippen molar-refractivity contribution >= 4 is 0 Å². The largest absolute Gasteiger partial charge is 0.507 e. The lowest BCUT2D eigenvalue weighted by molar-refractivity contribution is 0.0188. The number of benzene rings is 1. The molecule has 1 aromatic carbocycles. The molecule has 0 aliphatic carbocycles. The Hall–Kier alpha value is -1.10. The lowest BCUT2D eigenvalue weighted by atomic mass is 9.84. The number of phenolic OH excluding ortho intramolecular Hbond substituents is 1. The van der Waals surface area contributed by atoms with Crippen molar-refractivity contribution in [2.24, 2.45) is 0 Å². The van der Waals surface area contributed by atoms with Gasteiger partial charge in [-0.2, -0.15) is 0 Å². The Morgan fingerprint density at radius 3 is 2.33 bits per heavy atom. The summed E-state index contributed by atoms with van der Waals surface area (Å²) in [6.45, 7) is 6.23. The Kier molecular flexibility index (Phi) is 4.73. The Morgan fingerprint density at radius 2 is 1.83 bits per heavy atom. The molecule has 18 heavy (non-hydrogen) atoms. The second kappa shape index (κ2) is 5.69. The van der Waals surface area contributed by atoms with Gasteiger partial charge in [-0.25, -0.2) is 0 Å². The zero-order valence-corrected chi connectivity index (χ0v) is 11.4. The molecule has 0 radical (unpaired) electrons. The monoisotopic (exact) mass is 253 g/mol. The van der Waals surface area contributed by atoms with Crippen LogP contribution in [-0.2, 0) is 5.41 Å². The number of phenols is 1. The van der Waals surface area contributed by atoms with E-state index in [0.29, 0.717) is 5.56 Å². The molecule has 0 aliphatic heterocycles. The van der Waals surface area contributed by atoms with Gasteiger partial charge in [-0.15, -0.1) is 0 Å². The van der Waals surface area contributed by atoms with Gasteiger partial charge in [0.2, 0.25) is 0 Å². The first-order valence-corrected chi connectivity index (χ1v) is 6.12. The summed E-state index contributed by atoms with van der Waals surface area (Å²) in [5.41, 5.74) is 0.911. The SMILES string of the molecule is CNCC(O)C(O)c1cccc(C(C)(C)C)c1O. The predicted molar refractivity (Wildman–Crippen MR) is 71.7 cm³/mol. The number of hydrogen-bond acceptors (Lipinski definition) is 4. The Bertz CT molecular complexity index is 399. The van der Waals surface area contributed by atoms with Crippen LogP contribution in [0.5, 0.6) is 5.75 Å². The number of para-hydroxylation sites is 1. The second-order valence-corrected chi connectivity index (χ2v) is 5.56. The van der Waals surface area contributed by atoms with Crippen LogP contribution in [0.2, 0.25) is 0 Å². The van der Waals surface area contributed by atoms with Crippen LogP contribution in [0.4, 0.5) is 0 Å². The van der Waals surface area contributed by atoms with Gasteiger partial charge in [0.15, 0.2) is 0 Å². The molecule has 0 amide bonds. The van der Waals surface area contributed by atoms with Crippen molar-refractivity contribution in [3.8, 4) is 5.75 Å². The Morgan fingerprint density at radius 1 is 1.22 bits per heavy atom. The highest BCUT2D eigenvalue weighted by atomic mass is 16.3. The van der Waals surface area contributed by atoms with Gasteiger partial charge in [0, 0.05) is 12.1 Å². The highest BCUT2D eigenvalue weighted by molar-refractivity contribution is 5.45. The van der Waals surface area contributed by atoms with E-state index >= 15 is 0 Å². The number of aliphatic hydroxyl groups excluding tert-OH is 2. The van der Waals surface area contributed by atoms with E-state index < -0.39 is 12.2 Å². The normalized spacial score (nSPS) is 15.4. The maximum absolute atomic E-state index is 10.2. The molecule has 0 spiro atoms. The van der Waals surface area contributed by atoms with E-state index in [-0.39, 0.29) is 17.7 Å². The fourth-order valence-corrected chi connectivity index (χ4v) is 1.93. The van der Waals surface area contributed by atoms with Crippen LogP contribution in [-0.4, -0.2) is 35.0 Å². The molecule has 0 bridgehead atoms. The van der Waals surface area contributed by atoms with Crippen LogP contribution in [0, 0.1) is 0 Å². The van der Waals surface area contributed by atoms with Gasteiger partial charge in [-0.3, -0.25) is 0 Å². The average Bonchev–Trinajstić information content (AvgIpc) is 2.27. The van der Waals surface area contributed by atoms with Gasteiger partial charge in [0.1, 0.15) is 11.9 Å². The van der Waals surface area contributed by atoms with Crippen molar-refractivity contribution in [2.75, 3.05) is 13.6 Å². The molecule has 0 fully saturated rings. The third kappa shape index (κ3) is 3.22. The van der Waals surface area contributed by atoms with E-state index in [2.05, 4.69) is 5.32 Å². The van der Waals surface area contributed by atoms with E-state index in [1.807, 2.05) is 26.8 Å². The lowest BCUT2D eigenvalue weighted by Gasteiger charge is -2.25. The third-order valence-corrected chi connectivity index (χ3v) is 2.97. The second-order valence-electron chi connectivity index (χ2n) is 5.56. The summed E-state index contributed by atoms with van der Waals surface area (Å²) in [6, 6.07) is 5.25. The molecular formula is C14H23NO3. The number of aliphatic hydroxyl groups is 2. The predicted octanol–water partition coefficient (Wildman–Crippen LogP) is 1.30. The van der Waals surface area contributed by atoms with E-state index in [1.54, 1.807) is 19.2 Å². The Labute approximate surface area is 108 Å². The van der Waals surface area contributed by atoms with E-state index in [0.717, 1.165) is 5.56 Å². The van der Waals surface area contributed by atoms with Crippen LogP contribution in [0.15, 0.2) is 18.2 Å². The van der Waals surface area contributed by atoms with E-state index in [4.69, 9.17) is 0 Å². The van der Waals surface area contributed by atoms with E-state index in [9.17, 15) is 15.3 Å². The minimum atomic E-state index is -1.10. The molecule has 0 saturated carbocycles. The topological polar surface area (TPSA) is 72.7 Å². The summed E-state index contributed by atoms with van der Waals surface area (Å²) in [4.78, 5) is 0. The number of rotatable bonds is 4. The lowest BCUT2D eigenvalue weighted by Crippen LogP contribution is -2.29. The highest BCUT2D eigenvalue weighted by Crippen LogP contribution is 2.36. The van der Waals surface area contributed by atoms with E-state index in [1.165, 1.54) is 0 Å². The summed E-state index contributed by atoms with van der Waals surface area (Å²) in [7, 11) is 1.70. The fourth-order valence-electron chi connectivity index (χ4n) is 1.93. The molecule has 4 nitrogen and oxygen atoms in total. The molecule has 0 heterocycles. The van der Waals surface area contributed by atoms with Gasteiger partial charge in [-0.1, -0.05) is 39.0 Å². The number of nitrogens with one attached hydrogen (secondary N) is 1. The zero-order chi connectivity index (χ0) is 13.9. The van der Waals surface area contributed by atoms with Gasteiger partial charge in [0.05, 0.1) is 6.10 Å². The molecule has 2 atom stereocenters. The molecule has 102 valence electrons. The zero-order valence-electron chi connectivity index (χ0n) is 11.4. The van der Waals surface area contributed by atoms with Crippen molar-refractivity contribution in [3.63, 3.8) is 0 Å².